The minimum atomic E-state index is -0.129. The van der Waals surface area contributed by atoms with Gasteiger partial charge in [-0.2, -0.15) is 0 Å². The summed E-state index contributed by atoms with van der Waals surface area (Å²) in [7, 11) is 0. The molecule has 0 fully saturated rings. The largest absolute Gasteiger partial charge is 0.487 e. The number of nitrogens with zero attached hydrogens (tertiary/aromatic N) is 1. The Labute approximate surface area is 239 Å². The van der Waals surface area contributed by atoms with E-state index in [0.717, 1.165) is 88.8 Å². The van der Waals surface area contributed by atoms with Gasteiger partial charge < -0.3 is 14.6 Å². The molecule has 3 rings (SSSR count). The summed E-state index contributed by atoms with van der Waals surface area (Å²) >= 11 is 0. The number of hydrogen-bond donors (Lipinski definition) is 1. The summed E-state index contributed by atoms with van der Waals surface area (Å²) in [4.78, 5) is 2.40. The molecule has 0 amide bonds. The zero-order chi connectivity index (χ0) is 28.4. The van der Waals surface area contributed by atoms with E-state index in [2.05, 4.69) is 71.6 Å². The lowest BCUT2D eigenvalue weighted by Gasteiger charge is -2.40. The van der Waals surface area contributed by atoms with Gasteiger partial charge in [0.05, 0.1) is 0 Å². The van der Waals surface area contributed by atoms with Gasteiger partial charge in [0.25, 0.3) is 0 Å². The maximum Gasteiger partial charge on any atom is 0.142 e. The first-order valence-electron chi connectivity index (χ1n) is 15.4. The van der Waals surface area contributed by atoms with Crippen LogP contribution in [0.4, 0.5) is 0 Å². The van der Waals surface area contributed by atoms with Crippen LogP contribution in [0.5, 0.6) is 11.5 Å². The van der Waals surface area contributed by atoms with Crippen molar-refractivity contribution >= 4 is 0 Å². The number of aliphatic hydroxyl groups excluding tert-OH is 1. The maximum atomic E-state index is 9.08. The zero-order valence-corrected chi connectivity index (χ0v) is 26.0. The Morgan fingerprint density at radius 2 is 1.54 bits per heavy atom. The second-order valence-electron chi connectivity index (χ2n) is 12.5. The van der Waals surface area contributed by atoms with Crippen LogP contribution in [0, 0.1) is 13.8 Å². The normalized spacial score (nSPS) is 19.7. The SMILES string of the molecule is CC(C)=CCCC(C)=CCCC(C)=CCCC1(C)CCc2c3c(c(C)c(C)c2O1)OCN(CCCCCO)C3. The molecular weight excluding hydrogens is 482 g/mol. The van der Waals surface area contributed by atoms with Crippen LogP contribution in [-0.4, -0.2) is 35.5 Å². The van der Waals surface area contributed by atoms with Gasteiger partial charge in [0.2, 0.25) is 0 Å². The molecule has 1 N–H and O–H groups in total. The number of unbranched alkanes of at least 4 members (excludes halogenated alkanes) is 2. The highest BCUT2D eigenvalue weighted by atomic mass is 16.5. The highest BCUT2D eigenvalue weighted by Gasteiger charge is 2.36. The van der Waals surface area contributed by atoms with Crippen LogP contribution in [0.25, 0.3) is 0 Å². The number of fused-ring (bicyclic) bond motifs is 3. The number of hydrogen-bond acceptors (Lipinski definition) is 4. The topological polar surface area (TPSA) is 41.9 Å². The molecule has 1 aromatic carbocycles. The van der Waals surface area contributed by atoms with Gasteiger partial charge in [-0.15, -0.1) is 0 Å². The Hall–Kier alpha value is -2.04. The fourth-order valence-electron chi connectivity index (χ4n) is 5.85. The van der Waals surface area contributed by atoms with E-state index in [1.54, 1.807) is 0 Å². The lowest BCUT2D eigenvalue weighted by molar-refractivity contribution is 0.0521. The summed E-state index contributed by atoms with van der Waals surface area (Å²) in [6.45, 7) is 18.5. The minimum absolute atomic E-state index is 0.129. The molecule has 4 nitrogen and oxygen atoms in total. The molecule has 2 aliphatic rings. The fourth-order valence-corrected chi connectivity index (χ4v) is 5.85. The number of aliphatic hydroxyl groups is 1. The number of rotatable bonds is 14. The first kappa shape index (κ1) is 31.5. The molecule has 0 radical (unpaired) electrons. The van der Waals surface area contributed by atoms with E-state index in [4.69, 9.17) is 14.6 Å². The van der Waals surface area contributed by atoms with E-state index in [9.17, 15) is 0 Å². The molecule has 2 heterocycles. The van der Waals surface area contributed by atoms with E-state index >= 15 is 0 Å². The molecule has 218 valence electrons. The van der Waals surface area contributed by atoms with Crippen molar-refractivity contribution in [3.8, 4) is 11.5 Å². The van der Waals surface area contributed by atoms with Gasteiger partial charge in [0, 0.05) is 30.8 Å². The van der Waals surface area contributed by atoms with Crippen molar-refractivity contribution in [3.05, 3.63) is 57.2 Å². The summed E-state index contributed by atoms with van der Waals surface area (Å²) in [6.07, 6.45) is 19.0. The second-order valence-corrected chi connectivity index (χ2v) is 12.5. The third-order valence-corrected chi connectivity index (χ3v) is 8.60. The third kappa shape index (κ3) is 9.25. The van der Waals surface area contributed by atoms with Gasteiger partial charge in [0.1, 0.15) is 23.8 Å². The molecule has 0 aromatic heterocycles. The number of allylic oxidation sites excluding steroid dienone is 6. The molecule has 0 aliphatic carbocycles. The standard InChI is InChI=1S/C35H55NO3/c1-26(2)14-11-15-27(3)16-12-17-28(4)18-13-20-35(7)21-19-31-32-24-36(22-9-8-10-23-37)25-38-33(32)29(5)30(6)34(31)39-35/h14,16,18,37H,8-13,15,17,19-25H2,1-7H3. The molecule has 0 spiro atoms. The molecule has 0 bridgehead atoms. The quantitative estimate of drug-likeness (QED) is 0.190. The van der Waals surface area contributed by atoms with E-state index in [-0.39, 0.29) is 12.2 Å². The summed E-state index contributed by atoms with van der Waals surface area (Å²) < 4.78 is 13.1. The van der Waals surface area contributed by atoms with E-state index in [0.29, 0.717) is 6.73 Å². The maximum absolute atomic E-state index is 9.08. The van der Waals surface area contributed by atoms with Crippen molar-refractivity contribution in [2.24, 2.45) is 0 Å². The van der Waals surface area contributed by atoms with Crippen molar-refractivity contribution in [2.75, 3.05) is 19.9 Å². The first-order valence-corrected chi connectivity index (χ1v) is 15.4. The van der Waals surface area contributed by atoms with Crippen LogP contribution < -0.4 is 9.47 Å². The zero-order valence-electron chi connectivity index (χ0n) is 26.0. The minimum Gasteiger partial charge on any atom is -0.487 e. The first-order chi connectivity index (χ1) is 18.6. The smallest absolute Gasteiger partial charge is 0.142 e. The van der Waals surface area contributed by atoms with Crippen molar-refractivity contribution < 1.29 is 14.6 Å². The molecule has 39 heavy (non-hydrogen) atoms. The van der Waals surface area contributed by atoms with E-state index in [1.165, 1.54) is 45.4 Å². The van der Waals surface area contributed by atoms with Gasteiger partial charge in [-0.25, -0.2) is 0 Å². The Kier molecular flexibility index (Phi) is 12.2. The van der Waals surface area contributed by atoms with Gasteiger partial charge in [-0.3, -0.25) is 4.90 Å². The van der Waals surface area contributed by atoms with Gasteiger partial charge >= 0.3 is 0 Å². The molecule has 0 saturated carbocycles. The number of benzene rings is 1. The van der Waals surface area contributed by atoms with E-state index in [1.807, 2.05) is 0 Å². The van der Waals surface area contributed by atoms with Gasteiger partial charge in [-0.05, 0) is 130 Å². The van der Waals surface area contributed by atoms with Crippen molar-refractivity contribution in [3.63, 3.8) is 0 Å². The molecule has 1 aromatic rings. The van der Waals surface area contributed by atoms with Crippen molar-refractivity contribution in [1.29, 1.82) is 0 Å². The van der Waals surface area contributed by atoms with Crippen molar-refractivity contribution in [1.82, 2.24) is 4.90 Å². The predicted octanol–water partition coefficient (Wildman–Crippen LogP) is 8.90. The van der Waals surface area contributed by atoms with Crippen molar-refractivity contribution in [2.45, 2.75) is 131 Å². The average Bonchev–Trinajstić information content (AvgIpc) is 2.89. The number of ether oxygens (including phenoxy) is 2. The average molecular weight is 538 g/mol. The predicted molar refractivity (Wildman–Crippen MR) is 165 cm³/mol. The summed E-state index contributed by atoms with van der Waals surface area (Å²) in [5, 5.41) is 9.08. The van der Waals surface area contributed by atoms with E-state index < -0.39 is 0 Å². The van der Waals surface area contributed by atoms with Crippen LogP contribution in [0.2, 0.25) is 0 Å². The van der Waals surface area contributed by atoms with Crippen LogP contribution in [0.3, 0.4) is 0 Å². The Bertz CT molecular complexity index is 1050. The molecule has 0 saturated heterocycles. The van der Waals surface area contributed by atoms with Crippen LogP contribution in [0.1, 0.15) is 121 Å². The van der Waals surface area contributed by atoms with Crippen LogP contribution in [0.15, 0.2) is 34.9 Å². The third-order valence-electron chi connectivity index (χ3n) is 8.60. The second kappa shape index (κ2) is 15.1. The molecular formula is C35H55NO3. The fraction of sp³-hybridized carbons (Fsp3) is 0.657. The lowest BCUT2D eigenvalue weighted by atomic mass is 9.84. The van der Waals surface area contributed by atoms with Crippen LogP contribution >= 0.6 is 0 Å². The Morgan fingerprint density at radius 3 is 2.23 bits per heavy atom. The van der Waals surface area contributed by atoms with Gasteiger partial charge in [-0.1, -0.05) is 34.9 Å². The molecule has 1 atom stereocenters. The summed E-state index contributed by atoms with van der Waals surface area (Å²) in [5.74, 6) is 2.20. The summed E-state index contributed by atoms with van der Waals surface area (Å²) in [5.41, 5.74) is 9.44. The molecule has 2 aliphatic heterocycles. The monoisotopic (exact) mass is 537 g/mol. The lowest BCUT2D eigenvalue weighted by Crippen LogP contribution is -2.39. The Balaban J connectivity index is 1.57. The highest BCUT2D eigenvalue weighted by Crippen LogP contribution is 2.46. The molecule has 4 heteroatoms. The van der Waals surface area contributed by atoms with Gasteiger partial charge in [0.15, 0.2) is 0 Å². The van der Waals surface area contributed by atoms with Crippen LogP contribution in [-0.2, 0) is 13.0 Å². The highest BCUT2D eigenvalue weighted by molar-refractivity contribution is 5.60. The summed E-state index contributed by atoms with van der Waals surface area (Å²) in [6, 6.07) is 0. The Morgan fingerprint density at radius 1 is 0.872 bits per heavy atom. The molecule has 1 unspecified atom stereocenters.